The van der Waals surface area contributed by atoms with E-state index in [1.807, 2.05) is 20.8 Å². The zero-order chi connectivity index (χ0) is 16.6. The predicted molar refractivity (Wildman–Crippen MR) is 86.4 cm³/mol. The van der Waals surface area contributed by atoms with Crippen LogP contribution in [0.5, 0.6) is 0 Å². The van der Waals surface area contributed by atoms with E-state index in [9.17, 15) is 4.79 Å². The van der Waals surface area contributed by atoms with Crippen LogP contribution >= 0.6 is 0 Å². The van der Waals surface area contributed by atoms with Gasteiger partial charge in [-0.25, -0.2) is 4.79 Å². The van der Waals surface area contributed by atoms with E-state index in [0.29, 0.717) is 19.0 Å². The van der Waals surface area contributed by atoms with Crippen LogP contribution < -0.4 is 10.6 Å². The van der Waals surface area contributed by atoms with E-state index in [0.717, 1.165) is 12.1 Å². The highest BCUT2D eigenvalue weighted by atomic mass is 16.6. The fraction of sp³-hybridized carbons (Fsp3) is 0.688. The van der Waals surface area contributed by atoms with Crippen LogP contribution in [0, 0.1) is 5.92 Å². The van der Waals surface area contributed by atoms with Gasteiger partial charge in [-0.3, -0.25) is 9.97 Å². The quantitative estimate of drug-likeness (QED) is 0.809. The minimum Gasteiger partial charge on any atom is -0.444 e. The Hall–Kier alpha value is -1.69. The molecule has 124 valence electrons. The molecular formula is C16H28N4O2. The molecule has 1 amide bonds. The molecule has 0 aliphatic rings. The van der Waals surface area contributed by atoms with Crippen molar-refractivity contribution in [3.05, 3.63) is 24.3 Å². The maximum atomic E-state index is 11.7. The van der Waals surface area contributed by atoms with Gasteiger partial charge < -0.3 is 15.4 Å². The van der Waals surface area contributed by atoms with Crippen molar-refractivity contribution < 1.29 is 9.53 Å². The van der Waals surface area contributed by atoms with E-state index in [-0.39, 0.29) is 12.1 Å². The first-order valence-corrected chi connectivity index (χ1v) is 7.71. The third-order valence-corrected chi connectivity index (χ3v) is 2.84. The van der Waals surface area contributed by atoms with E-state index in [2.05, 4.69) is 34.4 Å². The molecule has 0 aliphatic carbocycles. The molecule has 0 radical (unpaired) electrons. The molecule has 0 saturated carbocycles. The molecule has 6 heteroatoms. The highest BCUT2D eigenvalue weighted by molar-refractivity contribution is 5.67. The van der Waals surface area contributed by atoms with Crippen molar-refractivity contribution in [3.63, 3.8) is 0 Å². The van der Waals surface area contributed by atoms with E-state index >= 15 is 0 Å². The van der Waals surface area contributed by atoms with Crippen LogP contribution in [-0.4, -0.2) is 34.2 Å². The summed E-state index contributed by atoms with van der Waals surface area (Å²) in [5, 5.41) is 6.23. The van der Waals surface area contributed by atoms with Crippen LogP contribution in [0.1, 0.15) is 46.7 Å². The molecule has 0 spiro atoms. The molecule has 1 unspecified atom stereocenters. The molecule has 1 heterocycles. The lowest BCUT2D eigenvalue weighted by molar-refractivity contribution is 0.0520. The van der Waals surface area contributed by atoms with Crippen molar-refractivity contribution in [3.8, 4) is 0 Å². The summed E-state index contributed by atoms with van der Waals surface area (Å²) in [4.78, 5) is 20.0. The van der Waals surface area contributed by atoms with Crippen molar-refractivity contribution >= 4 is 6.09 Å². The van der Waals surface area contributed by atoms with Crippen LogP contribution in [0.4, 0.5) is 4.79 Å². The van der Waals surface area contributed by atoms with Crippen LogP contribution in [0.3, 0.4) is 0 Å². The standard InChI is InChI=1S/C16H28N4O2/c1-12(2)8-13(10-20-15(21)22-16(3,4)5)19-11-14-9-17-6-7-18-14/h6-7,9,12-13,19H,8,10-11H2,1-5H3,(H,20,21). The number of hydrogen-bond donors (Lipinski definition) is 2. The zero-order valence-corrected chi connectivity index (χ0v) is 14.2. The molecule has 22 heavy (non-hydrogen) atoms. The average Bonchev–Trinajstić information content (AvgIpc) is 2.40. The van der Waals surface area contributed by atoms with Crippen molar-refractivity contribution in [2.24, 2.45) is 5.92 Å². The summed E-state index contributed by atoms with van der Waals surface area (Å²) < 4.78 is 5.26. The first kappa shape index (κ1) is 18.4. The average molecular weight is 308 g/mol. The molecule has 1 rings (SSSR count). The van der Waals surface area contributed by atoms with E-state index < -0.39 is 5.60 Å². The number of carbonyl (C=O) groups is 1. The van der Waals surface area contributed by atoms with E-state index in [4.69, 9.17) is 4.74 Å². The van der Waals surface area contributed by atoms with Gasteiger partial charge in [-0.2, -0.15) is 0 Å². The zero-order valence-electron chi connectivity index (χ0n) is 14.2. The van der Waals surface area contributed by atoms with Crippen LogP contribution in [-0.2, 0) is 11.3 Å². The van der Waals surface area contributed by atoms with Gasteiger partial charge in [0.05, 0.1) is 5.69 Å². The number of alkyl carbamates (subject to hydrolysis) is 1. The normalized spacial score (nSPS) is 13.0. The molecule has 0 bridgehead atoms. The van der Waals surface area contributed by atoms with Crippen LogP contribution in [0.2, 0.25) is 0 Å². The van der Waals surface area contributed by atoms with Crippen molar-refractivity contribution in [1.82, 2.24) is 20.6 Å². The Morgan fingerprint density at radius 1 is 1.32 bits per heavy atom. The third kappa shape index (κ3) is 8.56. The Kier molecular flexibility index (Phi) is 7.24. The lowest BCUT2D eigenvalue weighted by atomic mass is 10.0. The molecule has 0 saturated heterocycles. The van der Waals surface area contributed by atoms with Gasteiger partial charge in [0, 0.05) is 37.7 Å². The number of ether oxygens (including phenoxy) is 1. The molecule has 0 aromatic carbocycles. The number of aromatic nitrogens is 2. The molecule has 1 aromatic heterocycles. The van der Waals surface area contributed by atoms with Crippen molar-refractivity contribution in [2.45, 2.75) is 59.2 Å². The summed E-state index contributed by atoms with van der Waals surface area (Å²) in [6.07, 6.45) is 5.63. The topological polar surface area (TPSA) is 76.1 Å². The van der Waals surface area contributed by atoms with Gasteiger partial charge in [0.1, 0.15) is 5.60 Å². The van der Waals surface area contributed by atoms with Crippen LogP contribution in [0.15, 0.2) is 18.6 Å². The first-order valence-electron chi connectivity index (χ1n) is 7.71. The van der Waals surface area contributed by atoms with Gasteiger partial charge in [-0.1, -0.05) is 13.8 Å². The summed E-state index contributed by atoms with van der Waals surface area (Å²) >= 11 is 0. The van der Waals surface area contributed by atoms with Gasteiger partial charge in [0.25, 0.3) is 0 Å². The van der Waals surface area contributed by atoms with Gasteiger partial charge in [-0.05, 0) is 33.1 Å². The van der Waals surface area contributed by atoms with Gasteiger partial charge in [-0.15, -0.1) is 0 Å². The number of amides is 1. The number of hydrogen-bond acceptors (Lipinski definition) is 5. The maximum Gasteiger partial charge on any atom is 0.407 e. The van der Waals surface area contributed by atoms with Crippen LogP contribution in [0.25, 0.3) is 0 Å². The summed E-state index contributed by atoms with van der Waals surface area (Å²) in [6, 6.07) is 0.162. The fourth-order valence-electron chi connectivity index (χ4n) is 2.00. The molecule has 2 N–H and O–H groups in total. The Balaban J connectivity index is 2.45. The van der Waals surface area contributed by atoms with Gasteiger partial charge >= 0.3 is 6.09 Å². The number of nitrogens with zero attached hydrogens (tertiary/aromatic N) is 2. The minimum absolute atomic E-state index is 0.162. The Morgan fingerprint density at radius 2 is 2.05 bits per heavy atom. The largest absolute Gasteiger partial charge is 0.444 e. The van der Waals surface area contributed by atoms with Gasteiger partial charge in [0.2, 0.25) is 0 Å². The smallest absolute Gasteiger partial charge is 0.407 e. The summed E-state index contributed by atoms with van der Waals surface area (Å²) in [5.74, 6) is 0.528. The lowest BCUT2D eigenvalue weighted by Gasteiger charge is -2.23. The molecule has 1 atom stereocenters. The SMILES string of the molecule is CC(C)CC(CNC(=O)OC(C)(C)C)NCc1cnccn1. The predicted octanol–water partition coefficient (Wildman–Crippen LogP) is 2.51. The Morgan fingerprint density at radius 3 is 2.59 bits per heavy atom. The minimum atomic E-state index is -0.481. The second kappa shape index (κ2) is 8.68. The Bertz CT molecular complexity index is 443. The number of nitrogens with one attached hydrogen (secondary N) is 2. The molecule has 0 aliphatic heterocycles. The highest BCUT2D eigenvalue weighted by Gasteiger charge is 2.18. The van der Waals surface area contributed by atoms with E-state index in [1.54, 1.807) is 18.6 Å². The number of carbonyl (C=O) groups excluding carboxylic acids is 1. The maximum absolute atomic E-state index is 11.7. The molecular weight excluding hydrogens is 280 g/mol. The van der Waals surface area contributed by atoms with Crippen molar-refractivity contribution in [2.75, 3.05) is 6.54 Å². The summed E-state index contributed by atoms with van der Waals surface area (Å²) in [7, 11) is 0. The molecule has 0 fully saturated rings. The second-order valence-electron chi connectivity index (χ2n) is 6.79. The lowest BCUT2D eigenvalue weighted by Crippen LogP contribution is -2.43. The summed E-state index contributed by atoms with van der Waals surface area (Å²) in [6.45, 7) is 11.0. The molecule has 1 aromatic rings. The van der Waals surface area contributed by atoms with Crippen molar-refractivity contribution in [1.29, 1.82) is 0 Å². The van der Waals surface area contributed by atoms with E-state index in [1.165, 1.54) is 0 Å². The fourth-order valence-corrected chi connectivity index (χ4v) is 2.00. The number of rotatable bonds is 7. The second-order valence-corrected chi connectivity index (χ2v) is 6.79. The third-order valence-electron chi connectivity index (χ3n) is 2.84. The summed E-state index contributed by atoms with van der Waals surface area (Å²) in [5.41, 5.74) is 0.401. The Labute approximate surface area is 133 Å². The molecule has 6 nitrogen and oxygen atoms in total. The van der Waals surface area contributed by atoms with Gasteiger partial charge in [0.15, 0.2) is 0 Å². The first-order chi connectivity index (χ1) is 10.3. The monoisotopic (exact) mass is 308 g/mol. The highest BCUT2D eigenvalue weighted by Crippen LogP contribution is 2.08.